The van der Waals surface area contributed by atoms with Crippen LogP contribution in [0.5, 0.6) is 0 Å². The normalized spacial score (nSPS) is 10.8. The lowest BCUT2D eigenvalue weighted by molar-refractivity contribution is 0.0684. The Balaban J connectivity index is 2.45. The molecular formula is C12H14N2O4. The van der Waals surface area contributed by atoms with E-state index >= 15 is 0 Å². The number of hydrogen-bond donors (Lipinski definition) is 1. The molecule has 0 amide bonds. The zero-order chi connectivity index (χ0) is 13.3. The first-order chi connectivity index (χ1) is 8.54. The van der Waals surface area contributed by atoms with Crippen molar-refractivity contribution < 1.29 is 18.9 Å². The Morgan fingerprint density at radius 3 is 2.44 bits per heavy atom. The number of nitrogens with zero attached hydrogens (tertiary/aromatic N) is 2. The van der Waals surface area contributed by atoms with E-state index in [9.17, 15) is 4.79 Å². The molecule has 0 atom stereocenters. The number of carboxylic acids is 1. The van der Waals surface area contributed by atoms with Gasteiger partial charge in [-0.05, 0) is 13.8 Å². The molecule has 6 heteroatoms. The van der Waals surface area contributed by atoms with Crippen LogP contribution in [0.15, 0.2) is 9.05 Å². The Morgan fingerprint density at radius 1 is 1.22 bits per heavy atom. The highest BCUT2D eigenvalue weighted by molar-refractivity contribution is 5.87. The lowest BCUT2D eigenvalue weighted by atomic mass is 10.0. The molecule has 96 valence electrons. The van der Waals surface area contributed by atoms with Crippen LogP contribution in [0.2, 0.25) is 0 Å². The van der Waals surface area contributed by atoms with Gasteiger partial charge in [0.05, 0.1) is 5.69 Å². The molecule has 0 unspecified atom stereocenters. The van der Waals surface area contributed by atoms with E-state index in [1.807, 2.05) is 13.8 Å². The van der Waals surface area contributed by atoms with Crippen molar-refractivity contribution in [2.45, 2.75) is 33.6 Å². The second-order valence-electron chi connectivity index (χ2n) is 4.07. The number of carbonyl (C=O) groups is 1. The van der Waals surface area contributed by atoms with E-state index in [2.05, 4.69) is 10.3 Å². The maximum atomic E-state index is 11.1. The van der Waals surface area contributed by atoms with E-state index in [0.29, 0.717) is 29.9 Å². The van der Waals surface area contributed by atoms with Gasteiger partial charge in [-0.25, -0.2) is 4.79 Å². The fraction of sp³-hybridized carbons (Fsp3) is 0.417. The standard InChI is InChI=1S/C12H14N2O4/c1-4-10-9(11(12(15)16)14-18-10)5-8-6(2)13-17-7(8)3/h4-5H2,1-3H3,(H,15,16). The maximum Gasteiger partial charge on any atom is 0.358 e. The zero-order valence-corrected chi connectivity index (χ0v) is 10.5. The SMILES string of the molecule is CCc1onc(C(=O)O)c1Cc1c(C)noc1C. The minimum atomic E-state index is -1.08. The third-order valence-corrected chi connectivity index (χ3v) is 2.93. The Labute approximate surface area is 104 Å². The smallest absolute Gasteiger partial charge is 0.358 e. The Hall–Kier alpha value is -2.11. The summed E-state index contributed by atoms with van der Waals surface area (Å²) >= 11 is 0. The van der Waals surface area contributed by atoms with Crippen molar-refractivity contribution in [3.8, 4) is 0 Å². The predicted molar refractivity (Wildman–Crippen MR) is 61.6 cm³/mol. The molecule has 2 aromatic rings. The molecular weight excluding hydrogens is 236 g/mol. The predicted octanol–water partition coefficient (Wildman–Crippen LogP) is 2.13. The molecule has 0 spiro atoms. The second-order valence-corrected chi connectivity index (χ2v) is 4.07. The molecule has 0 saturated heterocycles. The average molecular weight is 250 g/mol. The minimum Gasteiger partial charge on any atom is -0.476 e. The van der Waals surface area contributed by atoms with E-state index in [1.54, 1.807) is 6.92 Å². The summed E-state index contributed by atoms with van der Waals surface area (Å²) in [6.45, 7) is 5.52. The molecule has 0 aliphatic rings. The van der Waals surface area contributed by atoms with Crippen molar-refractivity contribution in [2.24, 2.45) is 0 Å². The summed E-state index contributed by atoms with van der Waals surface area (Å²) in [7, 11) is 0. The van der Waals surface area contributed by atoms with Crippen LogP contribution in [0.3, 0.4) is 0 Å². The van der Waals surface area contributed by atoms with Crippen LogP contribution in [0.25, 0.3) is 0 Å². The van der Waals surface area contributed by atoms with E-state index in [1.165, 1.54) is 0 Å². The van der Waals surface area contributed by atoms with Gasteiger partial charge in [0.1, 0.15) is 11.5 Å². The molecule has 0 aromatic carbocycles. The van der Waals surface area contributed by atoms with Crippen LogP contribution in [-0.2, 0) is 12.8 Å². The van der Waals surface area contributed by atoms with E-state index < -0.39 is 5.97 Å². The topological polar surface area (TPSA) is 89.4 Å². The molecule has 0 radical (unpaired) electrons. The third-order valence-electron chi connectivity index (χ3n) is 2.93. The quantitative estimate of drug-likeness (QED) is 0.894. The van der Waals surface area contributed by atoms with Gasteiger partial charge in [0.2, 0.25) is 0 Å². The highest BCUT2D eigenvalue weighted by atomic mass is 16.5. The van der Waals surface area contributed by atoms with Gasteiger partial charge in [-0.15, -0.1) is 0 Å². The van der Waals surface area contributed by atoms with Crippen molar-refractivity contribution in [1.82, 2.24) is 10.3 Å². The lowest BCUT2D eigenvalue weighted by Gasteiger charge is -2.00. The molecule has 2 rings (SSSR count). The number of hydrogen-bond acceptors (Lipinski definition) is 5. The Kier molecular flexibility index (Phi) is 3.18. The Morgan fingerprint density at radius 2 is 1.94 bits per heavy atom. The van der Waals surface area contributed by atoms with Crippen LogP contribution >= 0.6 is 0 Å². The molecule has 0 bridgehead atoms. The van der Waals surface area contributed by atoms with Crippen LogP contribution in [0, 0.1) is 13.8 Å². The molecule has 0 fully saturated rings. The number of carboxylic acid groups (broad SMARTS) is 1. The highest BCUT2D eigenvalue weighted by Crippen LogP contribution is 2.23. The minimum absolute atomic E-state index is 0.0353. The van der Waals surface area contributed by atoms with Gasteiger partial charge in [-0.2, -0.15) is 0 Å². The van der Waals surface area contributed by atoms with E-state index in [0.717, 1.165) is 11.3 Å². The fourth-order valence-corrected chi connectivity index (χ4v) is 1.90. The van der Waals surface area contributed by atoms with E-state index in [-0.39, 0.29) is 5.69 Å². The first kappa shape index (κ1) is 12.3. The molecule has 0 aliphatic carbocycles. The van der Waals surface area contributed by atoms with Gasteiger partial charge in [-0.1, -0.05) is 17.2 Å². The molecule has 18 heavy (non-hydrogen) atoms. The van der Waals surface area contributed by atoms with Crippen molar-refractivity contribution in [3.63, 3.8) is 0 Å². The van der Waals surface area contributed by atoms with Gasteiger partial charge in [0, 0.05) is 24.0 Å². The summed E-state index contributed by atoms with van der Waals surface area (Å²) in [5.74, 6) is 0.194. The summed E-state index contributed by atoms with van der Waals surface area (Å²) in [5.41, 5.74) is 2.20. The summed E-state index contributed by atoms with van der Waals surface area (Å²) in [5, 5.41) is 16.5. The first-order valence-electron chi connectivity index (χ1n) is 5.67. The third kappa shape index (κ3) is 2.01. The van der Waals surface area contributed by atoms with Crippen LogP contribution in [-0.4, -0.2) is 21.4 Å². The second kappa shape index (κ2) is 4.64. The van der Waals surface area contributed by atoms with Crippen molar-refractivity contribution in [1.29, 1.82) is 0 Å². The van der Waals surface area contributed by atoms with Crippen LogP contribution < -0.4 is 0 Å². The summed E-state index contributed by atoms with van der Waals surface area (Å²) < 4.78 is 10.1. The van der Waals surface area contributed by atoms with Gasteiger partial charge in [0.15, 0.2) is 5.69 Å². The molecule has 0 saturated carbocycles. The summed E-state index contributed by atoms with van der Waals surface area (Å²) in [6, 6.07) is 0. The molecule has 0 aliphatic heterocycles. The molecule has 6 nitrogen and oxygen atoms in total. The monoisotopic (exact) mass is 250 g/mol. The molecule has 1 N–H and O–H groups in total. The van der Waals surface area contributed by atoms with E-state index in [4.69, 9.17) is 14.2 Å². The maximum absolute atomic E-state index is 11.1. The van der Waals surface area contributed by atoms with Crippen molar-refractivity contribution >= 4 is 5.97 Å². The number of aromatic carboxylic acids is 1. The Bertz CT molecular complexity index is 563. The number of aromatic nitrogens is 2. The van der Waals surface area contributed by atoms with Gasteiger partial charge in [0.25, 0.3) is 0 Å². The van der Waals surface area contributed by atoms with Gasteiger partial charge < -0.3 is 14.2 Å². The number of aryl methyl sites for hydroxylation is 3. The summed E-state index contributed by atoms with van der Waals surface area (Å²) in [6.07, 6.45) is 1.01. The van der Waals surface area contributed by atoms with Crippen LogP contribution in [0.1, 0.15) is 45.8 Å². The lowest BCUT2D eigenvalue weighted by Crippen LogP contribution is -2.04. The first-order valence-corrected chi connectivity index (χ1v) is 5.67. The summed E-state index contributed by atoms with van der Waals surface area (Å²) in [4.78, 5) is 11.1. The zero-order valence-electron chi connectivity index (χ0n) is 10.5. The average Bonchev–Trinajstić information content (AvgIpc) is 2.87. The highest BCUT2D eigenvalue weighted by Gasteiger charge is 2.23. The van der Waals surface area contributed by atoms with Crippen molar-refractivity contribution in [3.05, 3.63) is 34.0 Å². The number of rotatable bonds is 4. The largest absolute Gasteiger partial charge is 0.476 e. The fourth-order valence-electron chi connectivity index (χ4n) is 1.90. The van der Waals surface area contributed by atoms with Gasteiger partial charge >= 0.3 is 5.97 Å². The molecule has 2 heterocycles. The van der Waals surface area contributed by atoms with Crippen LogP contribution in [0.4, 0.5) is 0 Å². The van der Waals surface area contributed by atoms with Crippen molar-refractivity contribution in [2.75, 3.05) is 0 Å². The van der Waals surface area contributed by atoms with Gasteiger partial charge in [-0.3, -0.25) is 0 Å². The molecule has 2 aromatic heterocycles.